The number of nitrogens with one attached hydrogen (secondary N) is 1. The minimum atomic E-state index is -3.60. The van der Waals surface area contributed by atoms with Gasteiger partial charge in [0.15, 0.2) is 0 Å². The topological polar surface area (TPSA) is 85.1 Å². The number of benzene rings is 1. The zero-order valence-electron chi connectivity index (χ0n) is 11.4. The lowest BCUT2D eigenvalue weighted by Gasteiger charge is -2.14. The minimum Gasteiger partial charge on any atom is -0.398 e. The van der Waals surface area contributed by atoms with E-state index in [1.165, 1.54) is 6.07 Å². The number of aromatic nitrogens is 1. The van der Waals surface area contributed by atoms with Gasteiger partial charge in [0.25, 0.3) is 0 Å². The number of nitrogens with two attached hydrogens (primary N) is 1. The Morgan fingerprint density at radius 3 is 2.65 bits per heavy atom. The van der Waals surface area contributed by atoms with Gasteiger partial charge in [-0.25, -0.2) is 13.1 Å². The smallest absolute Gasteiger partial charge is 0.241 e. The Labute approximate surface area is 118 Å². The number of sulfonamides is 1. The number of rotatable bonds is 4. The molecule has 0 bridgehead atoms. The molecule has 0 fully saturated rings. The van der Waals surface area contributed by atoms with Crippen LogP contribution in [0.2, 0.25) is 0 Å². The second-order valence-electron chi connectivity index (χ2n) is 4.65. The van der Waals surface area contributed by atoms with Crippen molar-refractivity contribution in [2.45, 2.75) is 24.8 Å². The Morgan fingerprint density at radius 2 is 2.05 bits per heavy atom. The van der Waals surface area contributed by atoms with Gasteiger partial charge >= 0.3 is 0 Å². The third-order valence-corrected chi connectivity index (χ3v) is 4.62. The number of nitrogen functional groups attached to an aromatic ring is 1. The van der Waals surface area contributed by atoms with Crippen LogP contribution in [-0.2, 0) is 10.0 Å². The average Bonchev–Trinajstić information content (AvgIpc) is 2.42. The number of hydrogen-bond acceptors (Lipinski definition) is 4. The summed E-state index contributed by atoms with van der Waals surface area (Å²) in [6.07, 6.45) is 3.28. The van der Waals surface area contributed by atoms with Crippen molar-refractivity contribution in [3.8, 4) is 0 Å². The molecular formula is C14H17N3O2S. The summed E-state index contributed by atoms with van der Waals surface area (Å²) in [5.41, 5.74) is 7.87. The number of hydrogen-bond donors (Lipinski definition) is 2. The largest absolute Gasteiger partial charge is 0.398 e. The molecule has 0 saturated heterocycles. The Morgan fingerprint density at radius 1 is 1.30 bits per heavy atom. The van der Waals surface area contributed by atoms with Crippen molar-refractivity contribution < 1.29 is 8.42 Å². The van der Waals surface area contributed by atoms with Gasteiger partial charge in [0, 0.05) is 24.1 Å². The molecule has 0 radical (unpaired) electrons. The minimum absolute atomic E-state index is 0.163. The lowest BCUT2D eigenvalue weighted by Crippen LogP contribution is -2.27. The summed E-state index contributed by atoms with van der Waals surface area (Å²) in [5, 5.41) is 0. The second kappa shape index (κ2) is 5.60. The molecule has 0 aliphatic carbocycles. The Kier molecular flexibility index (Phi) is 4.06. The van der Waals surface area contributed by atoms with Crippen molar-refractivity contribution in [2.24, 2.45) is 0 Å². The number of nitrogens with zero attached hydrogens (tertiary/aromatic N) is 1. The van der Waals surface area contributed by atoms with Gasteiger partial charge in [-0.2, -0.15) is 0 Å². The highest BCUT2D eigenvalue weighted by Gasteiger charge is 2.18. The van der Waals surface area contributed by atoms with E-state index in [1.54, 1.807) is 37.5 Å². The summed E-state index contributed by atoms with van der Waals surface area (Å²) < 4.78 is 27.2. The van der Waals surface area contributed by atoms with E-state index in [9.17, 15) is 8.42 Å². The molecule has 106 valence electrons. The molecule has 0 spiro atoms. The SMILES string of the molecule is Cc1ccc(S(=O)(=O)NC(C)c2cccnc2)cc1N. The van der Waals surface area contributed by atoms with Crippen molar-refractivity contribution in [3.05, 3.63) is 53.9 Å². The molecule has 1 heterocycles. The second-order valence-corrected chi connectivity index (χ2v) is 6.36. The molecule has 2 aromatic rings. The van der Waals surface area contributed by atoms with Crippen LogP contribution in [0.4, 0.5) is 5.69 Å². The molecular weight excluding hydrogens is 274 g/mol. The fourth-order valence-electron chi connectivity index (χ4n) is 1.79. The molecule has 20 heavy (non-hydrogen) atoms. The van der Waals surface area contributed by atoms with E-state index in [2.05, 4.69) is 9.71 Å². The third-order valence-electron chi connectivity index (χ3n) is 3.08. The van der Waals surface area contributed by atoms with E-state index in [-0.39, 0.29) is 10.9 Å². The van der Waals surface area contributed by atoms with Crippen molar-refractivity contribution in [3.63, 3.8) is 0 Å². The highest BCUT2D eigenvalue weighted by molar-refractivity contribution is 7.89. The first kappa shape index (κ1) is 14.5. The highest BCUT2D eigenvalue weighted by atomic mass is 32.2. The van der Waals surface area contributed by atoms with Crippen LogP contribution in [0.3, 0.4) is 0 Å². The maximum absolute atomic E-state index is 12.3. The van der Waals surface area contributed by atoms with Crippen molar-refractivity contribution in [1.82, 2.24) is 9.71 Å². The molecule has 0 aliphatic rings. The molecule has 0 aliphatic heterocycles. The van der Waals surface area contributed by atoms with Crippen LogP contribution in [-0.4, -0.2) is 13.4 Å². The Bertz CT molecular complexity index is 700. The van der Waals surface area contributed by atoms with Crippen LogP contribution < -0.4 is 10.5 Å². The zero-order valence-corrected chi connectivity index (χ0v) is 12.2. The molecule has 1 aromatic heterocycles. The molecule has 3 N–H and O–H groups in total. The summed E-state index contributed by atoms with van der Waals surface area (Å²) in [6.45, 7) is 3.60. The number of aryl methyl sites for hydroxylation is 1. The number of pyridine rings is 1. The quantitative estimate of drug-likeness (QED) is 0.844. The Balaban J connectivity index is 2.25. The van der Waals surface area contributed by atoms with Crippen LogP contribution in [0.25, 0.3) is 0 Å². The predicted molar refractivity (Wildman–Crippen MR) is 78.6 cm³/mol. The Hall–Kier alpha value is -1.92. The molecule has 1 aromatic carbocycles. The van der Waals surface area contributed by atoms with Crippen molar-refractivity contribution in [1.29, 1.82) is 0 Å². The standard InChI is InChI=1S/C14H17N3O2S/c1-10-5-6-13(8-14(10)15)20(18,19)17-11(2)12-4-3-7-16-9-12/h3-9,11,17H,15H2,1-2H3. The normalized spacial score (nSPS) is 13.1. The summed E-state index contributed by atoms with van der Waals surface area (Å²) >= 11 is 0. The highest BCUT2D eigenvalue weighted by Crippen LogP contribution is 2.19. The van der Waals surface area contributed by atoms with Crippen LogP contribution in [0.1, 0.15) is 24.1 Å². The maximum atomic E-state index is 12.3. The summed E-state index contributed by atoms with van der Waals surface area (Å²) in [7, 11) is -3.60. The van der Waals surface area contributed by atoms with Gasteiger partial charge in [-0.3, -0.25) is 4.98 Å². The van der Waals surface area contributed by atoms with Crippen LogP contribution >= 0.6 is 0 Å². The number of anilines is 1. The van der Waals surface area contributed by atoms with Gasteiger partial charge in [-0.05, 0) is 43.2 Å². The monoisotopic (exact) mass is 291 g/mol. The lowest BCUT2D eigenvalue weighted by molar-refractivity contribution is 0.566. The van der Waals surface area contributed by atoms with Gasteiger partial charge < -0.3 is 5.73 Å². The van der Waals surface area contributed by atoms with E-state index in [4.69, 9.17) is 5.73 Å². The predicted octanol–water partition coefficient (Wildman–Crippen LogP) is 2.01. The lowest BCUT2D eigenvalue weighted by atomic mass is 10.2. The van der Waals surface area contributed by atoms with Crippen molar-refractivity contribution >= 4 is 15.7 Å². The third kappa shape index (κ3) is 3.15. The van der Waals surface area contributed by atoms with E-state index in [0.717, 1.165) is 11.1 Å². The van der Waals surface area contributed by atoms with Gasteiger partial charge in [-0.1, -0.05) is 12.1 Å². The van der Waals surface area contributed by atoms with Crippen LogP contribution in [0.5, 0.6) is 0 Å². The molecule has 2 rings (SSSR count). The van der Waals surface area contributed by atoms with E-state index in [1.807, 2.05) is 13.0 Å². The van der Waals surface area contributed by atoms with Gasteiger partial charge in [0.05, 0.1) is 4.90 Å². The molecule has 1 unspecified atom stereocenters. The van der Waals surface area contributed by atoms with Gasteiger partial charge in [-0.15, -0.1) is 0 Å². The summed E-state index contributed by atoms with van der Waals surface area (Å²) in [5.74, 6) is 0. The summed E-state index contributed by atoms with van der Waals surface area (Å²) in [6, 6.07) is 7.93. The first-order chi connectivity index (χ1) is 9.40. The van der Waals surface area contributed by atoms with E-state index < -0.39 is 10.0 Å². The fourth-order valence-corrected chi connectivity index (χ4v) is 3.05. The van der Waals surface area contributed by atoms with Gasteiger partial charge in [0.1, 0.15) is 0 Å². The van der Waals surface area contributed by atoms with Gasteiger partial charge in [0.2, 0.25) is 10.0 Å². The molecule has 0 saturated carbocycles. The average molecular weight is 291 g/mol. The first-order valence-corrected chi connectivity index (χ1v) is 7.67. The zero-order chi connectivity index (χ0) is 14.8. The molecule has 0 amide bonds. The summed E-state index contributed by atoms with van der Waals surface area (Å²) in [4.78, 5) is 4.14. The molecule has 6 heteroatoms. The fraction of sp³-hybridized carbons (Fsp3) is 0.214. The van der Waals surface area contributed by atoms with E-state index in [0.29, 0.717) is 5.69 Å². The first-order valence-electron chi connectivity index (χ1n) is 6.18. The van der Waals surface area contributed by atoms with E-state index >= 15 is 0 Å². The van der Waals surface area contributed by atoms with Crippen molar-refractivity contribution in [2.75, 3.05) is 5.73 Å². The molecule has 1 atom stereocenters. The maximum Gasteiger partial charge on any atom is 0.241 e. The molecule has 5 nitrogen and oxygen atoms in total. The van der Waals surface area contributed by atoms with Crippen LogP contribution in [0.15, 0.2) is 47.6 Å². The van der Waals surface area contributed by atoms with Crippen LogP contribution in [0, 0.1) is 6.92 Å².